The second-order valence-electron chi connectivity index (χ2n) is 11.5. The second-order valence-corrected chi connectivity index (χ2v) is 11.5. The highest BCUT2D eigenvalue weighted by Gasteiger charge is 2.70. The first-order chi connectivity index (χ1) is 16.6. The Labute approximate surface area is 201 Å². The number of likely N-dealkylation sites (tertiary alicyclic amines) is 1. The van der Waals surface area contributed by atoms with Crippen molar-refractivity contribution in [1.82, 2.24) is 10.2 Å². The van der Waals surface area contributed by atoms with Crippen LogP contribution in [0.2, 0.25) is 0 Å². The summed E-state index contributed by atoms with van der Waals surface area (Å²) >= 11 is 0. The van der Waals surface area contributed by atoms with E-state index in [1.54, 1.807) is 0 Å². The largest absolute Gasteiger partial charge is 0.508 e. The normalized spacial score (nSPS) is 35.9. The Balaban J connectivity index is 1.23. The number of carbonyl (C=O) groups excluding carboxylic acids is 1. The van der Waals surface area contributed by atoms with Gasteiger partial charge in [-0.3, -0.25) is 9.69 Å². The van der Waals surface area contributed by atoms with Crippen molar-refractivity contribution in [2.45, 2.75) is 80.6 Å². The minimum Gasteiger partial charge on any atom is -0.508 e. The predicted molar refractivity (Wildman–Crippen MR) is 130 cm³/mol. The summed E-state index contributed by atoms with van der Waals surface area (Å²) in [5.74, 6) is 1.27. The van der Waals surface area contributed by atoms with Gasteiger partial charge in [0.1, 0.15) is 5.75 Å². The van der Waals surface area contributed by atoms with Crippen molar-refractivity contribution < 1.29 is 14.6 Å². The molecule has 1 saturated carbocycles. The van der Waals surface area contributed by atoms with Gasteiger partial charge in [0, 0.05) is 18.0 Å². The van der Waals surface area contributed by atoms with E-state index in [4.69, 9.17) is 4.74 Å². The summed E-state index contributed by atoms with van der Waals surface area (Å²) in [5.41, 5.74) is 3.32. The van der Waals surface area contributed by atoms with E-state index in [0.29, 0.717) is 18.2 Å². The zero-order valence-corrected chi connectivity index (χ0v) is 19.7. The quantitative estimate of drug-likeness (QED) is 0.717. The molecule has 3 heterocycles. The maximum absolute atomic E-state index is 13.1. The van der Waals surface area contributed by atoms with Crippen LogP contribution in [0.4, 0.5) is 0 Å². The van der Waals surface area contributed by atoms with Crippen molar-refractivity contribution in [1.29, 1.82) is 0 Å². The number of phenols is 1. The lowest BCUT2D eigenvalue weighted by Gasteiger charge is -2.65. The molecule has 5 nitrogen and oxygen atoms in total. The zero-order valence-electron chi connectivity index (χ0n) is 19.7. The van der Waals surface area contributed by atoms with Gasteiger partial charge >= 0.3 is 0 Å². The van der Waals surface area contributed by atoms with Crippen LogP contribution in [0, 0.1) is 5.92 Å². The first-order valence-corrected chi connectivity index (χ1v) is 13.1. The topological polar surface area (TPSA) is 61.8 Å². The number of phenolic OH excluding ortho intramolecular Hbond substituents is 1. The van der Waals surface area contributed by atoms with E-state index in [1.165, 1.54) is 30.5 Å². The highest BCUT2D eigenvalue weighted by Crippen LogP contribution is 2.63. The molecule has 2 aromatic rings. The molecule has 2 aliphatic carbocycles. The summed E-state index contributed by atoms with van der Waals surface area (Å²) in [6, 6.07) is 16.4. The summed E-state index contributed by atoms with van der Waals surface area (Å²) in [4.78, 5) is 15.8. The molecule has 7 rings (SSSR count). The summed E-state index contributed by atoms with van der Waals surface area (Å²) in [6.07, 6.45) is 8.20. The zero-order chi connectivity index (χ0) is 22.9. The first kappa shape index (κ1) is 21.0. The van der Waals surface area contributed by atoms with Gasteiger partial charge in [-0.2, -0.15) is 0 Å². The molecule has 1 unspecified atom stereocenters. The first-order valence-electron chi connectivity index (χ1n) is 13.1. The number of hydrogen-bond acceptors (Lipinski definition) is 4. The van der Waals surface area contributed by atoms with Gasteiger partial charge in [0.05, 0.1) is 24.2 Å². The Hall–Kier alpha value is -2.37. The van der Waals surface area contributed by atoms with Crippen molar-refractivity contribution in [3.63, 3.8) is 0 Å². The van der Waals surface area contributed by atoms with Gasteiger partial charge in [-0.05, 0) is 86.2 Å². The average molecular weight is 459 g/mol. The third kappa shape index (κ3) is 3.09. The SMILES string of the molecule is O=C(Cc1ccccc1)N[C@H]1C[C@]23CCN(CC4CC4)[C@H](Cc4ccc(O)cc42)[C@@]32CCC1O2. The number of benzene rings is 2. The Morgan fingerprint density at radius 3 is 2.79 bits per heavy atom. The van der Waals surface area contributed by atoms with Crippen molar-refractivity contribution in [3.05, 3.63) is 65.2 Å². The molecule has 2 N–H and O–H groups in total. The Kier molecular flexibility index (Phi) is 4.66. The summed E-state index contributed by atoms with van der Waals surface area (Å²) < 4.78 is 7.10. The maximum Gasteiger partial charge on any atom is 0.224 e. The van der Waals surface area contributed by atoms with Crippen LogP contribution in [0.1, 0.15) is 55.2 Å². The molecule has 34 heavy (non-hydrogen) atoms. The molecule has 5 atom stereocenters. The van der Waals surface area contributed by atoms with Crippen molar-refractivity contribution in [2.75, 3.05) is 13.1 Å². The van der Waals surface area contributed by atoms with E-state index < -0.39 is 0 Å². The minimum atomic E-state index is -0.202. The number of piperidine rings is 1. The third-order valence-corrected chi connectivity index (χ3v) is 9.56. The number of fused-ring (bicyclic) bond motifs is 2. The average Bonchev–Trinajstić information content (AvgIpc) is 3.57. The van der Waals surface area contributed by atoms with Gasteiger partial charge in [0.2, 0.25) is 5.91 Å². The molecular formula is C29H34N2O3. The maximum atomic E-state index is 13.1. The Bertz CT molecular complexity index is 1120. The smallest absolute Gasteiger partial charge is 0.224 e. The van der Waals surface area contributed by atoms with Crippen LogP contribution in [0.15, 0.2) is 48.5 Å². The number of hydrogen-bond donors (Lipinski definition) is 2. The van der Waals surface area contributed by atoms with E-state index in [0.717, 1.165) is 50.1 Å². The van der Waals surface area contributed by atoms with Crippen LogP contribution in [-0.2, 0) is 27.8 Å². The molecule has 0 radical (unpaired) electrons. The second kappa shape index (κ2) is 7.56. The van der Waals surface area contributed by atoms with Crippen LogP contribution in [0.25, 0.3) is 0 Å². The highest BCUT2D eigenvalue weighted by molar-refractivity contribution is 5.79. The van der Waals surface area contributed by atoms with E-state index in [9.17, 15) is 9.90 Å². The number of amides is 1. The van der Waals surface area contributed by atoms with Gasteiger partial charge in [-0.15, -0.1) is 0 Å². The van der Waals surface area contributed by atoms with Crippen molar-refractivity contribution in [3.8, 4) is 5.75 Å². The van der Waals surface area contributed by atoms with Crippen LogP contribution in [0.3, 0.4) is 0 Å². The lowest BCUT2D eigenvalue weighted by molar-refractivity contribution is -0.209. The fraction of sp³-hybridized carbons (Fsp3) is 0.552. The van der Waals surface area contributed by atoms with Gasteiger partial charge in [-0.1, -0.05) is 36.4 Å². The Morgan fingerprint density at radius 2 is 1.97 bits per heavy atom. The molecular weight excluding hydrogens is 424 g/mol. The van der Waals surface area contributed by atoms with Gasteiger partial charge in [0.25, 0.3) is 0 Å². The van der Waals surface area contributed by atoms with Crippen molar-refractivity contribution in [2.24, 2.45) is 5.92 Å². The lowest BCUT2D eigenvalue weighted by Crippen LogP contribution is -2.74. The van der Waals surface area contributed by atoms with E-state index >= 15 is 0 Å². The summed E-state index contributed by atoms with van der Waals surface area (Å²) in [5, 5.41) is 13.9. The number of aromatic hydroxyl groups is 1. The van der Waals surface area contributed by atoms with E-state index in [1.807, 2.05) is 42.5 Å². The number of nitrogens with one attached hydrogen (secondary N) is 1. The molecule has 178 valence electrons. The Morgan fingerprint density at radius 1 is 1.12 bits per heavy atom. The number of carbonyl (C=O) groups is 1. The molecule has 5 heteroatoms. The van der Waals surface area contributed by atoms with Crippen LogP contribution in [0.5, 0.6) is 5.75 Å². The molecule has 0 aromatic heterocycles. The van der Waals surface area contributed by atoms with Crippen molar-refractivity contribution >= 4 is 5.91 Å². The molecule has 4 fully saturated rings. The number of nitrogens with zero attached hydrogens (tertiary/aromatic N) is 1. The highest BCUT2D eigenvalue weighted by atomic mass is 16.5. The molecule has 1 spiro atoms. The standard InChI is InChI=1S/C29H34N2O3/c32-22-9-8-21-15-26-29-11-10-25(34-29)24(30-27(33)14-19-4-2-1-3-5-19)17-28(29,23(21)16-22)12-13-31(26)18-20-6-7-20/h1-5,8-9,16,20,24-26,32H,6-7,10-15,17-18H2,(H,30,33)/t24-,25?,26+,28+,29-/m0/s1. The molecule has 5 aliphatic rings. The lowest BCUT2D eigenvalue weighted by atomic mass is 9.51. The summed E-state index contributed by atoms with van der Waals surface area (Å²) in [6.45, 7) is 2.28. The fourth-order valence-electron chi connectivity index (χ4n) is 7.92. The molecule has 2 aromatic carbocycles. The molecule has 1 amide bonds. The fourth-order valence-corrected chi connectivity index (χ4v) is 7.92. The third-order valence-electron chi connectivity index (χ3n) is 9.56. The predicted octanol–water partition coefficient (Wildman–Crippen LogP) is 3.72. The van der Waals surface area contributed by atoms with Crippen LogP contribution < -0.4 is 5.32 Å². The molecule has 4 bridgehead atoms. The number of ether oxygens (including phenoxy) is 1. The van der Waals surface area contributed by atoms with Gasteiger partial charge in [0.15, 0.2) is 0 Å². The molecule has 3 saturated heterocycles. The van der Waals surface area contributed by atoms with Crippen LogP contribution in [-0.4, -0.2) is 52.8 Å². The van der Waals surface area contributed by atoms with E-state index in [-0.39, 0.29) is 29.1 Å². The molecule has 3 aliphatic heterocycles. The summed E-state index contributed by atoms with van der Waals surface area (Å²) in [7, 11) is 0. The van der Waals surface area contributed by atoms with Crippen LogP contribution >= 0.6 is 0 Å². The minimum absolute atomic E-state index is 0.00997. The van der Waals surface area contributed by atoms with Gasteiger partial charge in [-0.25, -0.2) is 0 Å². The monoisotopic (exact) mass is 458 g/mol. The van der Waals surface area contributed by atoms with Gasteiger partial charge < -0.3 is 15.2 Å². The number of rotatable bonds is 5. The van der Waals surface area contributed by atoms with E-state index in [2.05, 4.69) is 16.3 Å².